The first-order valence-electron chi connectivity index (χ1n) is 8.04. The van der Waals surface area contributed by atoms with Crippen LogP contribution >= 0.6 is 0 Å². The van der Waals surface area contributed by atoms with E-state index in [0.29, 0.717) is 11.6 Å². The van der Waals surface area contributed by atoms with Crippen LogP contribution in [0.4, 0.5) is 5.69 Å². The fourth-order valence-electron chi connectivity index (χ4n) is 2.10. The Morgan fingerprint density at radius 3 is 2.67 bits per heavy atom. The number of guanidine groups is 1. The molecule has 126 valence electrons. The van der Waals surface area contributed by atoms with Crippen LogP contribution in [0, 0.1) is 0 Å². The van der Waals surface area contributed by atoms with Crippen LogP contribution in [0.15, 0.2) is 59.9 Å². The number of anilines is 1. The van der Waals surface area contributed by atoms with Crippen LogP contribution in [-0.2, 0) is 11.2 Å². The van der Waals surface area contributed by atoms with Crippen LogP contribution in [0.5, 0.6) is 0 Å². The van der Waals surface area contributed by atoms with Crippen molar-refractivity contribution < 1.29 is 4.79 Å². The Hall–Kier alpha value is -2.89. The second-order valence-corrected chi connectivity index (χ2v) is 5.15. The molecule has 0 aliphatic heterocycles. The summed E-state index contributed by atoms with van der Waals surface area (Å²) in [7, 11) is 0. The molecule has 0 radical (unpaired) electrons. The molecule has 1 aromatic carbocycles. The Labute approximate surface area is 142 Å². The Kier molecular flexibility index (Phi) is 7.27. The average molecular weight is 325 g/mol. The second kappa shape index (κ2) is 9.99. The van der Waals surface area contributed by atoms with Gasteiger partial charge in [0, 0.05) is 19.3 Å². The number of amides is 1. The zero-order valence-electron chi connectivity index (χ0n) is 13.8. The summed E-state index contributed by atoms with van der Waals surface area (Å²) in [5.41, 5.74) is 1.93. The minimum absolute atomic E-state index is 0.0512. The summed E-state index contributed by atoms with van der Waals surface area (Å²) in [6.45, 7) is 3.53. The molecule has 6 nitrogen and oxygen atoms in total. The molecule has 0 fully saturated rings. The predicted octanol–water partition coefficient (Wildman–Crippen LogP) is 1.82. The molecule has 6 heteroatoms. The molecule has 3 N–H and O–H groups in total. The number of nitrogens with one attached hydrogen (secondary N) is 3. The SMILES string of the molecule is CCNC(=NCC(=O)Nc1cccnc1)NCCc1ccccc1. The van der Waals surface area contributed by atoms with E-state index in [1.165, 1.54) is 5.56 Å². The highest BCUT2D eigenvalue weighted by molar-refractivity contribution is 5.93. The molecular weight excluding hydrogens is 302 g/mol. The highest BCUT2D eigenvalue weighted by Crippen LogP contribution is 2.02. The lowest BCUT2D eigenvalue weighted by molar-refractivity contribution is -0.114. The Morgan fingerprint density at radius 2 is 1.96 bits per heavy atom. The standard InChI is InChI=1S/C18H23N5O/c1-2-20-18(21-12-10-15-7-4-3-5-8-15)22-14-17(24)23-16-9-6-11-19-13-16/h3-9,11,13H,2,10,12,14H2,1H3,(H,23,24)(H2,20,21,22). The first kappa shape index (κ1) is 17.5. The Morgan fingerprint density at radius 1 is 1.12 bits per heavy atom. The van der Waals surface area contributed by atoms with Crippen LogP contribution in [0.2, 0.25) is 0 Å². The van der Waals surface area contributed by atoms with Gasteiger partial charge < -0.3 is 16.0 Å². The summed E-state index contributed by atoms with van der Waals surface area (Å²) in [6.07, 6.45) is 4.16. The number of nitrogens with zero attached hydrogens (tertiary/aromatic N) is 2. The van der Waals surface area contributed by atoms with Crippen LogP contribution in [0.3, 0.4) is 0 Å². The maximum Gasteiger partial charge on any atom is 0.246 e. The van der Waals surface area contributed by atoms with Gasteiger partial charge in [0.25, 0.3) is 0 Å². The average Bonchev–Trinajstić information content (AvgIpc) is 2.61. The van der Waals surface area contributed by atoms with E-state index in [0.717, 1.165) is 19.5 Å². The molecule has 24 heavy (non-hydrogen) atoms. The largest absolute Gasteiger partial charge is 0.357 e. The van der Waals surface area contributed by atoms with Crippen molar-refractivity contribution in [2.45, 2.75) is 13.3 Å². The lowest BCUT2D eigenvalue weighted by atomic mass is 10.1. The maximum absolute atomic E-state index is 11.9. The predicted molar refractivity (Wildman–Crippen MR) is 97.0 cm³/mol. The molecule has 1 amide bonds. The van der Waals surface area contributed by atoms with Crippen molar-refractivity contribution in [2.24, 2.45) is 4.99 Å². The van der Waals surface area contributed by atoms with Gasteiger partial charge in [0.05, 0.1) is 11.9 Å². The normalized spacial score (nSPS) is 11.0. The lowest BCUT2D eigenvalue weighted by Gasteiger charge is -2.11. The van der Waals surface area contributed by atoms with Crippen LogP contribution in [0.25, 0.3) is 0 Å². The maximum atomic E-state index is 11.9. The van der Waals surface area contributed by atoms with Gasteiger partial charge in [0.1, 0.15) is 6.54 Å². The van der Waals surface area contributed by atoms with E-state index in [9.17, 15) is 4.79 Å². The summed E-state index contributed by atoms with van der Waals surface area (Å²) in [5.74, 6) is 0.457. The molecule has 1 heterocycles. The quantitative estimate of drug-likeness (QED) is 0.536. The topological polar surface area (TPSA) is 78.4 Å². The third-order valence-electron chi connectivity index (χ3n) is 3.22. The number of benzene rings is 1. The van der Waals surface area contributed by atoms with E-state index in [-0.39, 0.29) is 12.5 Å². The fourth-order valence-corrected chi connectivity index (χ4v) is 2.10. The molecule has 0 atom stereocenters. The molecule has 0 unspecified atom stereocenters. The van der Waals surface area contributed by atoms with E-state index in [4.69, 9.17) is 0 Å². The van der Waals surface area contributed by atoms with Gasteiger partial charge in [-0.3, -0.25) is 9.78 Å². The monoisotopic (exact) mass is 325 g/mol. The van der Waals surface area contributed by atoms with Crippen molar-refractivity contribution >= 4 is 17.6 Å². The van der Waals surface area contributed by atoms with Gasteiger partial charge in [-0.1, -0.05) is 30.3 Å². The summed E-state index contributed by atoms with van der Waals surface area (Å²) in [6, 6.07) is 13.8. The highest BCUT2D eigenvalue weighted by atomic mass is 16.1. The fraction of sp³-hybridized carbons (Fsp3) is 0.278. The van der Waals surface area contributed by atoms with Gasteiger partial charge in [0.15, 0.2) is 5.96 Å². The molecule has 0 bridgehead atoms. The second-order valence-electron chi connectivity index (χ2n) is 5.15. The van der Waals surface area contributed by atoms with Crippen molar-refractivity contribution in [3.05, 3.63) is 60.4 Å². The number of aromatic nitrogens is 1. The molecule has 0 aliphatic rings. The molecule has 2 rings (SSSR count). The van der Waals surface area contributed by atoms with Crippen LogP contribution < -0.4 is 16.0 Å². The van der Waals surface area contributed by atoms with Gasteiger partial charge in [-0.25, -0.2) is 4.99 Å². The zero-order valence-corrected chi connectivity index (χ0v) is 13.8. The molecule has 1 aromatic heterocycles. The molecular formula is C18H23N5O. The number of hydrogen-bond donors (Lipinski definition) is 3. The summed E-state index contributed by atoms with van der Waals surface area (Å²) < 4.78 is 0. The molecule has 0 spiro atoms. The van der Waals surface area contributed by atoms with Crippen molar-refractivity contribution in [3.63, 3.8) is 0 Å². The van der Waals surface area contributed by atoms with Crippen molar-refractivity contribution in [2.75, 3.05) is 25.0 Å². The summed E-state index contributed by atoms with van der Waals surface area (Å²) >= 11 is 0. The van der Waals surface area contributed by atoms with E-state index in [2.05, 4.69) is 38.1 Å². The number of carbonyl (C=O) groups is 1. The smallest absolute Gasteiger partial charge is 0.246 e. The third kappa shape index (κ3) is 6.48. The van der Waals surface area contributed by atoms with Gasteiger partial charge >= 0.3 is 0 Å². The number of aliphatic imine (C=N–C) groups is 1. The Bertz CT molecular complexity index is 643. The lowest BCUT2D eigenvalue weighted by Crippen LogP contribution is -2.39. The Balaban J connectivity index is 1.80. The van der Waals surface area contributed by atoms with Crippen LogP contribution in [0.1, 0.15) is 12.5 Å². The molecule has 2 aromatic rings. The number of rotatable bonds is 7. The van der Waals surface area contributed by atoms with E-state index in [1.807, 2.05) is 25.1 Å². The third-order valence-corrected chi connectivity index (χ3v) is 3.22. The van der Waals surface area contributed by atoms with Crippen molar-refractivity contribution in [1.29, 1.82) is 0 Å². The van der Waals surface area contributed by atoms with E-state index in [1.54, 1.807) is 24.5 Å². The van der Waals surface area contributed by atoms with Gasteiger partial charge in [-0.2, -0.15) is 0 Å². The number of pyridine rings is 1. The minimum Gasteiger partial charge on any atom is -0.357 e. The number of hydrogen-bond acceptors (Lipinski definition) is 3. The molecule has 0 saturated carbocycles. The zero-order chi connectivity index (χ0) is 17.0. The summed E-state index contributed by atoms with van der Waals surface area (Å²) in [4.78, 5) is 20.2. The first-order valence-corrected chi connectivity index (χ1v) is 8.04. The van der Waals surface area contributed by atoms with Crippen LogP contribution in [-0.4, -0.2) is 36.5 Å². The summed E-state index contributed by atoms with van der Waals surface area (Å²) in [5, 5.41) is 9.13. The van der Waals surface area contributed by atoms with Gasteiger partial charge in [-0.15, -0.1) is 0 Å². The van der Waals surface area contributed by atoms with Crippen molar-refractivity contribution in [3.8, 4) is 0 Å². The minimum atomic E-state index is -0.178. The van der Waals surface area contributed by atoms with Gasteiger partial charge in [-0.05, 0) is 31.0 Å². The first-order chi connectivity index (χ1) is 11.8. The van der Waals surface area contributed by atoms with Gasteiger partial charge in [0.2, 0.25) is 5.91 Å². The van der Waals surface area contributed by atoms with E-state index >= 15 is 0 Å². The molecule has 0 saturated heterocycles. The molecule has 0 aliphatic carbocycles. The number of carbonyl (C=O) groups excluding carboxylic acids is 1. The van der Waals surface area contributed by atoms with E-state index < -0.39 is 0 Å². The highest BCUT2D eigenvalue weighted by Gasteiger charge is 2.03. The van der Waals surface area contributed by atoms with Crippen molar-refractivity contribution in [1.82, 2.24) is 15.6 Å².